The molecule has 1 aliphatic rings. The van der Waals surface area contributed by atoms with Crippen molar-refractivity contribution >= 4 is 40.9 Å². The number of rotatable bonds is 4. The van der Waals surface area contributed by atoms with Crippen LogP contribution in [0.2, 0.25) is 10.2 Å². The Kier molecular flexibility index (Phi) is 5.77. The van der Waals surface area contributed by atoms with Crippen LogP contribution in [-0.4, -0.2) is 34.6 Å². The molecule has 2 N–H and O–H groups in total. The summed E-state index contributed by atoms with van der Waals surface area (Å²) in [5, 5.41) is 3.06. The first kappa shape index (κ1) is 21.4. The topological polar surface area (TPSA) is 70.2 Å². The van der Waals surface area contributed by atoms with Crippen molar-refractivity contribution in [3.63, 3.8) is 0 Å². The summed E-state index contributed by atoms with van der Waals surface area (Å²) in [5.74, 6) is -2.00. The van der Waals surface area contributed by atoms with Crippen LogP contribution in [0.25, 0.3) is 11.1 Å². The van der Waals surface area contributed by atoms with Crippen molar-refractivity contribution in [2.45, 2.75) is 26.1 Å². The number of halogens is 6. The fourth-order valence-electron chi connectivity index (χ4n) is 2.67. The van der Waals surface area contributed by atoms with Crippen LogP contribution in [0.4, 0.5) is 29.3 Å². The van der Waals surface area contributed by atoms with Gasteiger partial charge < -0.3 is 5.32 Å². The molecule has 2 atom stereocenters. The van der Waals surface area contributed by atoms with Crippen LogP contribution in [0.3, 0.4) is 0 Å². The number of aromatic nitrogens is 2. The van der Waals surface area contributed by atoms with Gasteiger partial charge in [0.15, 0.2) is 0 Å². The van der Waals surface area contributed by atoms with Gasteiger partial charge in [-0.15, -0.1) is 0 Å². The predicted molar refractivity (Wildman–Crippen MR) is 101 cm³/mol. The van der Waals surface area contributed by atoms with E-state index in [1.165, 1.54) is 17.1 Å². The molecule has 1 unspecified atom stereocenters. The Labute approximate surface area is 173 Å². The summed E-state index contributed by atoms with van der Waals surface area (Å²) in [7, 11) is 0. The van der Waals surface area contributed by atoms with E-state index in [1.54, 1.807) is 6.92 Å². The lowest BCUT2D eigenvalue weighted by Crippen LogP contribution is -2.36. The zero-order chi connectivity index (χ0) is 21.5. The second kappa shape index (κ2) is 7.83. The monoisotopic (exact) mass is 451 g/mol. The first-order chi connectivity index (χ1) is 13.5. The molecule has 1 aromatic heterocycles. The number of alkyl halides is 3. The number of hydrazine groups is 1. The lowest BCUT2D eigenvalue weighted by Gasteiger charge is -2.23. The second-order valence-corrected chi connectivity index (χ2v) is 7.30. The van der Waals surface area contributed by atoms with E-state index < -0.39 is 18.0 Å². The van der Waals surface area contributed by atoms with E-state index in [4.69, 9.17) is 23.2 Å². The molecule has 12 heteroatoms. The number of carbonyl (C=O) groups is 1. The predicted octanol–water partition coefficient (Wildman–Crippen LogP) is 4.44. The van der Waals surface area contributed by atoms with Crippen molar-refractivity contribution in [1.82, 2.24) is 15.4 Å². The molecule has 1 amide bonds. The third-order valence-corrected chi connectivity index (χ3v) is 4.89. The summed E-state index contributed by atoms with van der Waals surface area (Å²) in [5.41, 5.74) is 2.05. The van der Waals surface area contributed by atoms with Gasteiger partial charge in [-0.1, -0.05) is 36.2 Å². The van der Waals surface area contributed by atoms with Crippen LogP contribution < -0.4 is 15.8 Å². The number of carbonyl (C=O) groups excluding carboxylic acids is 1. The van der Waals surface area contributed by atoms with Gasteiger partial charge in [0.1, 0.15) is 22.8 Å². The van der Waals surface area contributed by atoms with Crippen molar-refractivity contribution in [3.05, 3.63) is 34.2 Å². The van der Waals surface area contributed by atoms with Gasteiger partial charge in [-0.25, -0.2) is 4.39 Å². The maximum Gasteiger partial charge on any atom is 0.408 e. The largest absolute Gasteiger partial charge is 0.408 e. The minimum atomic E-state index is -4.61. The molecule has 156 valence electrons. The minimum absolute atomic E-state index is 0.0749. The molecule has 1 saturated heterocycles. The highest BCUT2D eigenvalue weighted by molar-refractivity contribution is 6.36. The number of benzene rings is 1. The van der Waals surface area contributed by atoms with Crippen molar-refractivity contribution in [1.29, 1.82) is 0 Å². The van der Waals surface area contributed by atoms with Gasteiger partial charge >= 0.3 is 6.18 Å². The van der Waals surface area contributed by atoms with Gasteiger partial charge in [-0.2, -0.15) is 23.1 Å². The van der Waals surface area contributed by atoms with Crippen LogP contribution in [-0.2, 0) is 4.79 Å². The lowest BCUT2D eigenvalue weighted by molar-refractivity contribution is -0.138. The Morgan fingerprint density at radius 2 is 1.97 bits per heavy atom. The van der Waals surface area contributed by atoms with Crippen molar-refractivity contribution in [2.75, 3.05) is 16.9 Å². The molecule has 1 aromatic carbocycles. The molecule has 0 saturated carbocycles. The number of anilines is 2. The van der Waals surface area contributed by atoms with E-state index in [0.29, 0.717) is 0 Å². The zero-order valence-corrected chi connectivity index (χ0v) is 16.6. The van der Waals surface area contributed by atoms with Crippen LogP contribution in [0.15, 0.2) is 18.2 Å². The molecular weight excluding hydrogens is 437 g/mol. The van der Waals surface area contributed by atoms with Gasteiger partial charge in [0.2, 0.25) is 11.9 Å². The van der Waals surface area contributed by atoms with Crippen molar-refractivity contribution in [3.8, 4) is 11.1 Å². The van der Waals surface area contributed by atoms with E-state index in [2.05, 4.69) is 20.7 Å². The average Bonchev–Trinajstić information content (AvgIpc) is 2.94. The number of nitrogens with one attached hydrogen (secondary N) is 2. The van der Waals surface area contributed by atoms with Crippen LogP contribution >= 0.6 is 23.2 Å². The van der Waals surface area contributed by atoms with E-state index in [1.807, 2.05) is 0 Å². The normalized spacial score (nSPS) is 18.0. The summed E-state index contributed by atoms with van der Waals surface area (Å²) in [6.45, 7) is 2.72. The molecule has 0 aliphatic carbocycles. The van der Waals surface area contributed by atoms with E-state index in [9.17, 15) is 22.4 Å². The Balaban J connectivity index is 2.16. The maximum absolute atomic E-state index is 14.5. The molecule has 3 rings (SSSR count). The summed E-state index contributed by atoms with van der Waals surface area (Å²) >= 11 is 12.3. The van der Waals surface area contributed by atoms with Gasteiger partial charge in [0.25, 0.3) is 0 Å². The van der Waals surface area contributed by atoms with Crippen molar-refractivity contribution < 1.29 is 22.4 Å². The highest BCUT2D eigenvalue weighted by atomic mass is 35.5. The molecule has 0 radical (unpaired) electrons. The molecule has 1 fully saturated rings. The first-order valence-electron chi connectivity index (χ1n) is 8.42. The zero-order valence-electron chi connectivity index (χ0n) is 15.1. The van der Waals surface area contributed by atoms with Crippen molar-refractivity contribution in [2.24, 2.45) is 5.92 Å². The van der Waals surface area contributed by atoms with Gasteiger partial charge in [-0.05, 0) is 19.1 Å². The summed E-state index contributed by atoms with van der Waals surface area (Å²) < 4.78 is 53.8. The molecule has 0 spiro atoms. The van der Waals surface area contributed by atoms with E-state index in [-0.39, 0.29) is 51.4 Å². The van der Waals surface area contributed by atoms with Gasteiger partial charge in [0, 0.05) is 5.56 Å². The Hall–Kier alpha value is -2.33. The standard InChI is InChI=1S/C17H15Cl2F4N5O/c1-7-6-28(27-15(7)29)16-25-13(19)12(11-9(18)4-3-5-10(11)20)14(26-16)24-8(2)17(21,22)23/h3-5,7-8H,6H2,1-2H3,(H,27,29)(H,24,25,26)/t7?,8-/m0/s1. The maximum atomic E-state index is 14.5. The molecule has 2 aromatic rings. The fraction of sp³-hybridized carbons (Fsp3) is 0.353. The fourth-order valence-corrected chi connectivity index (χ4v) is 3.19. The van der Waals surface area contributed by atoms with Gasteiger partial charge in [-0.3, -0.25) is 15.2 Å². The van der Waals surface area contributed by atoms with Crippen LogP contribution in [0.1, 0.15) is 13.8 Å². The average molecular weight is 452 g/mol. The number of hydrogen-bond donors (Lipinski definition) is 2. The van der Waals surface area contributed by atoms with E-state index in [0.717, 1.165) is 13.0 Å². The Morgan fingerprint density at radius 1 is 1.28 bits per heavy atom. The highest BCUT2D eigenvalue weighted by Crippen LogP contribution is 2.40. The minimum Gasteiger partial charge on any atom is -0.358 e. The number of hydrogen-bond acceptors (Lipinski definition) is 5. The van der Waals surface area contributed by atoms with E-state index >= 15 is 0 Å². The quantitative estimate of drug-likeness (QED) is 0.531. The molecular formula is C17H15Cl2F4N5O. The lowest BCUT2D eigenvalue weighted by atomic mass is 10.1. The Bertz CT molecular complexity index is 936. The highest BCUT2D eigenvalue weighted by Gasteiger charge is 2.38. The van der Waals surface area contributed by atoms with Crippen LogP contribution in [0, 0.1) is 11.7 Å². The first-order valence-corrected chi connectivity index (χ1v) is 9.17. The summed E-state index contributed by atoms with van der Waals surface area (Å²) in [6.07, 6.45) is -4.61. The summed E-state index contributed by atoms with van der Waals surface area (Å²) in [6, 6.07) is 1.77. The molecule has 6 nitrogen and oxygen atoms in total. The summed E-state index contributed by atoms with van der Waals surface area (Å²) in [4.78, 5) is 19.8. The molecule has 1 aliphatic heterocycles. The van der Waals surface area contributed by atoms with Crippen LogP contribution in [0.5, 0.6) is 0 Å². The number of nitrogens with zero attached hydrogens (tertiary/aromatic N) is 3. The smallest absolute Gasteiger partial charge is 0.358 e. The number of amides is 1. The Morgan fingerprint density at radius 3 is 2.52 bits per heavy atom. The molecule has 2 heterocycles. The third kappa shape index (κ3) is 4.32. The van der Waals surface area contributed by atoms with Gasteiger partial charge in [0.05, 0.1) is 23.0 Å². The SMILES string of the molecule is CC1CN(c2nc(Cl)c(-c3c(F)cccc3Cl)c(N[C@@H](C)C(F)(F)F)n2)NC1=O. The molecule has 29 heavy (non-hydrogen) atoms. The second-order valence-electron chi connectivity index (χ2n) is 6.53. The third-order valence-electron chi connectivity index (χ3n) is 4.30. The molecule has 0 bridgehead atoms.